The molecule has 1 aliphatic rings. The number of hydrogen-bond donors (Lipinski definition) is 1. The quantitative estimate of drug-likeness (QED) is 0.599. The highest BCUT2D eigenvalue weighted by Crippen LogP contribution is 2.13. The Balaban J connectivity index is 1.97. The van der Waals surface area contributed by atoms with Gasteiger partial charge in [0.1, 0.15) is 6.54 Å². The second kappa shape index (κ2) is 10.3. The molecule has 9 nitrogen and oxygen atoms in total. The van der Waals surface area contributed by atoms with E-state index < -0.39 is 15.6 Å². The number of nitrogens with zero attached hydrogens (tertiary/aromatic N) is 3. The highest BCUT2D eigenvalue weighted by atomic mass is 32.2. The lowest BCUT2D eigenvalue weighted by molar-refractivity contribution is -0.121. The van der Waals surface area contributed by atoms with Crippen molar-refractivity contribution < 1.29 is 17.9 Å². The van der Waals surface area contributed by atoms with E-state index in [1.807, 2.05) is 13.8 Å². The summed E-state index contributed by atoms with van der Waals surface area (Å²) in [4.78, 5) is 26.6. The molecule has 1 amide bonds. The summed E-state index contributed by atoms with van der Waals surface area (Å²) >= 11 is 0. The third-order valence-electron chi connectivity index (χ3n) is 4.86. The number of rotatable bonds is 9. The zero-order valence-electron chi connectivity index (χ0n) is 17.6. The van der Waals surface area contributed by atoms with Gasteiger partial charge in [-0.2, -0.15) is 4.31 Å². The largest absolute Gasteiger partial charge is 0.373 e. The third-order valence-corrected chi connectivity index (χ3v) is 6.89. The summed E-state index contributed by atoms with van der Waals surface area (Å²) in [6.07, 6.45) is 1.55. The van der Waals surface area contributed by atoms with Crippen LogP contribution in [0.1, 0.15) is 27.7 Å². The number of nitrogens with one attached hydrogen (secondary N) is 1. The fourth-order valence-corrected chi connectivity index (χ4v) is 5.01. The fraction of sp³-hybridized carbons (Fsp3) is 0.684. The van der Waals surface area contributed by atoms with Crippen molar-refractivity contribution in [2.75, 3.05) is 39.3 Å². The number of aromatic nitrogens is 1. The van der Waals surface area contributed by atoms with Crippen LogP contribution in [0.3, 0.4) is 0 Å². The number of carbonyl (C=O) groups excluding carboxylic acids is 1. The molecule has 2 heterocycles. The zero-order valence-corrected chi connectivity index (χ0v) is 18.4. The van der Waals surface area contributed by atoms with Crippen LogP contribution in [-0.4, -0.2) is 79.6 Å². The van der Waals surface area contributed by atoms with Crippen LogP contribution >= 0.6 is 0 Å². The van der Waals surface area contributed by atoms with Crippen LogP contribution in [0.25, 0.3) is 0 Å². The summed E-state index contributed by atoms with van der Waals surface area (Å²) in [5.41, 5.74) is -0.422. The molecular weight excluding hydrogens is 396 g/mol. The minimum Gasteiger partial charge on any atom is -0.373 e. The highest BCUT2D eigenvalue weighted by Gasteiger charge is 2.23. The molecule has 0 spiro atoms. The first-order chi connectivity index (χ1) is 13.7. The summed E-state index contributed by atoms with van der Waals surface area (Å²) in [6.45, 7) is 10.7. The molecule has 1 aliphatic heterocycles. The second-order valence-corrected chi connectivity index (χ2v) is 9.23. The molecule has 164 valence electrons. The van der Waals surface area contributed by atoms with Gasteiger partial charge in [0.15, 0.2) is 0 Å². The molecule has 0 radical (unpaired) electrons. The molecule has 1 aromatic rings. The van der Waals surface area contributed by atoms with Crippen LogP contribution in [0, 0.1) is 0 Å². The topological polar surface area (TPSA) is 101 Å². The maximum absolute atomic E-state index is 12.6. The number of ether oxygens (including phenoxy) is 1. The van der Waals surface area contributed by atoms with Crippen molar-refractivity contribution in [1.29, 1.82) is 0 Å². The normalized spacial score (nSPS) is 20.7. The Morgan fingerprint density at radius 2 is 1.83 bits per heavy atom. The molecule has 10 heteroatoms. The molecule has 1 saturated heterocycles. The SMILES string of the molecule is CCN(CC)S(=O)(=O)c1ccc(=O)n(CC(=O)NCCN2CC(C)OC(C)C2)c1. The Hall–Kier alpha value is -1.75. The van der Waals surface area contributed by atoms with Crippen LogP contribution < -0.4 is 10.9 Å². The van der Waals surface area contributed by atoms with Crippen molar-refractivity contribution in [2.45, 2.75) is 51.3 Å². The molecule has 0 aliphatic carbocycles. The lowest BCUT2D eigenvalue weighted by Crippen LogP contribution is -2.48. The number of hydrogen-bond acceptors (Lipinski definition) is 6. The molecule has 0 aromatic carbocycles. The minimum atomic E-state index is -3.69. The molecular formula is C19H32N4O5S. The van der Waals surface area contributed by atoms with Gasteiger partial charge in [0, 0.05) is 51.5 Å². The Bertz CT molecular complexity index is 840. The van der Waals surface area contributed by atoms with Gasteiger partial charge >= 0.3 is 0 Å². The van der Waals surface area contributed by atoms with Gasteiger partial charge in [-0.25, -0.2) is 8.42 Å². The van der Waals surface area contributed by atoms with Crippen molar-refractivity contribution >= 4 is 15.9 Å². The Labute approximate surface area is 172 Å². The second-order valence-electron chi connectivity index (χ2n) is 7.29. The Kier molecular flexibility index (Phi) is 8.38. The number of amides is 1. The van der Waals surface area contributed by atoms with E-state index in [1.165, 1.54) is 22.6 Å². The van der Waals surface area contributed by atoms with Gasteiger partial charge in [-0.3, -0.25) is 14.5 Å². The average molecular weight is 429 g/mol. The van der Waals surface area contributed by atoms with Crippen LogP contribution in [-0.2, 0) is 26.1 Å². The van der Waals surface area contributed by atoms with Crippen molar-refractivity contribution in [2.24, 2.45) is 0 Å². The molecule has 0 saturated carbocycles. The van der Waals surface area contributed by atoms with Gasteiger partial charge in [-0.1, -0.05) is 13.8 Å². The van der Waals surface area contributed by atoms with Crippen LogP contribution in [0.15, 0.2) is 28.0 Å². The van der Waals surface area contributed by atoms with Gasteiger partial charge in [0.25, 0.3) is 5.56 Å². The molecule has 2 unspecified atom stereocenters. The molecule has 1 aromatic heterocycles. The van der Waals surface area contributed by atoms with Crippen molar-refractivity contribution in [3.63, 3.8) is 0 Å². The predicted octanol–water partition coefficient (Wildman–Crippen LogP) is 0.104. The van der Waals surface area contributed by atoms with Gasteiger partial charge in [0.05, 0.1) is 17.1 Å². The Morgan fingerprint density at radius 1 is 1.21 bits per heavy atom. The van der Waals surface area contributed by atoms with Gasteiger partial charge < -0.3 is 14.6 Å². The van der Waals surface area contributed by atoms with E-state index in [0.717, 1.165) is 17.7 Å². The monoisotopic (exact) mass is 428 g/mol. The summed E-state index contributed by atoms with van der Waals surface area (Å²) in [5, 5.41) is 2.80. The molecule has 1 N–H and O–H groups in total. The first-order valence-corrected chi connectivity index (χ1v) is 11.5. The van der Waals surface area contributed by atoms with Crippen LogP contribution in [0.2, 0.25) is 0 Å². The van der Waals surface area contributed by atoms with Gasteiger partial charge in [-0.05, 0) is 19.9 Å². The van der Waals surface area contributed by atoms with Crippen LogP contribution in [0.5, 0.6) is 0 Å². The van der Waals surface area contributed by atoms with Gasteiger partial charge in [0.2, 0.25) is 15.9 Å². The Morgan fingerprint density at radius 3 is 2.41 bits per heavy atom. The van der Waals surface area contributed by atoms with Crippen molar-refractivity contribution in [1.82, 2.24) is 19.1 Å². The van der Waals surface area contributed by atoms with Crippen LogP contribution in [0.4, 0.5) is 0 Å². The van der Waals surface area contributed by atoms with E-state index >= 15 is 0 Å². The average Bonchev–Trinajstić information content (AvgIpc) is 2.63. The van der Waals surface area contributed by atoms with E-state index in [4.69, 9.17) is 4.74 Å². The van der Waals surface area contributed by atoms with Gasteiger partial charge in [-0.15, -0.1) is 0 Å². The van der Waals surface area contributed by atoms with Crippen molar-refractivity contribution in [3.8, 4) is 0 Å². The third kappa shape index (κ3) is 6.36. The number of morpholine rings is 1. The summed E-state index contributed by atoms with van der Waals surface area (Å²) in [7, 11) is -3.69. The zero-order chi connectivity index (χ0) is 21.6. The number of carbonyl (C=O) groups is 1. The lowest BCUT2D eigenvalue weighted by Gasteiger charge is -2.35. The summed E-state index contributed by atoms with van der Waals surface area (Å²) < 4.78 is 33.4. The highest BCUT2D eigenvalue weighted by molar-refractivity contribution is 7.89. The minimum absolute atomic E-state index is 0.00453. The molecule has 1 fully saturated rings. The molecule has 0 bridgehead atoms. The number of pyridine rings is 1. The first kappa shape index (κ1) is 23.5. The summed E-state index contributed by atoms with van der Waals surface area (Å²) in [6, 6.07) is 2.46. The maximum atomic E-state index is 12.6. The molecule has 2 atom stereocenters. The lowest BCUT2D eigenvalue weighted by atomic mass is 10.2. The van der Waals surface area contributed by atoms with E-state index in [2.05, 4.69) is 10.2 Å². The van der Waals surface area contributed by atoms with E-state index in [1.54, 1.807) is 13.8 Å². The van der Waals surface area contributed by atoms with E-state index in [9.17, 15) is 18.0 Å². The summed E-state index contributed by atoms with van der Waals surface area (Å²) in [5.74, 6) is -0.334. The standard InChI is InChI=1S/C19H32N4O5S/c1-5-23(6-2)29(26,27)17-7-8-19(25)22(13-17)14-18(24)20-9-10-21-11-15(3)28-16(4)12-21/h7-8,13,15-16H,5-6,9-12,14H2,1-4H3,(H,20,24). The smallest absolute Gasteiger partial charge is 0.251 e. The van der Waals surface area contributed by atoms with E-state index in [0.29, 0.717) is 26.2 Å². The maximum Gasteiger partial charge on any atom is 0.251 e. The molecule has 29 heavy (non-hydrogen) atoms. The number of sulfonamides is 1. The van der Waals surface area contributed by atoms with Crippen molar-refractivity contribution in [3.05, 3.63) is 28.7 Å². The first-order valence-electron chi connectivity index (χ1n) is 10.0. The fourth-order valence-electron chi connectivity index (χ4n) is 3.53. The molecule has 2 rings (SSSR count). The predicted molar refractivity (Wildman–Crippen MR) is 110 cm³/mol. The van der Waals surface area contributed by atoms with E-state index in [-0.39, 0.29) is 29.6 Å².